The zero-order valence-electron chi connectivity index (χ0n) is 45.3. The van der Waals surface area contributed by atoms with E-state index in [0.29, 0.717) is 65.3 Å². The lowest BCUT2D eigenvalue weighted by atomic mass is 10.00. The molecule has 11 nitrogen and oxygen atoms in total. The molecular formula is C57H105N5O6. The highest BCUT2D eigenvalue weighted by atomic mass is 16.5. The number of likely N-dealkylation sites (N-methyl/N-ethyl adjacent to an activating group) is 1. The number of allylic oxidation sites excluding steroid dienone is 8. The smallest absolute Gasteiger partial charge is 0.243 e. The molecule has 0 saturated heterocycles. The van der Waals surface area contributed by atoms with Crippen LogP contribution in [0.3, 0.4) is 0 Å². The minimum absolute atomic E-state index is 0.00171. The van der Waals surface area contributed by atoms with Crippen LogP contribution in [0.5, 0.6) is 0 Å². The van der Waals surface area contributed by atoms with Crippen LogP contribution in [0.4, 0.5) is 0 Å². The van der Waals surface area contributed by atoms with E-state index < -0.39 is 12.1 Å². The second-order valence-electron chi connectivity index (χ2n) is 19.4. The van der Waals surface area contributed by atoms with Gasteiger partial charge in [0, 0.05) is 66.3 Å². The fourth-order valence-corrected chi connectivity index (χ4v) is 8.35. The SMILES string of the molecule is CCCCC/C=C\C/C=C\CCCCCCCC(=O)N(CCOC)C(C(=O)NCCN(C)CCNC(=O)C(C(C)C)N(CCOC)C(=O)CCCCCCC/C=C\C/C=C\CCCCC)C(C)C. The van der Waals surface area contributed by atoms with Crippen molar-refractivity contribution in [2.75, 3.05) is 73.7 Å². The van der Waals surface area contributed by atoms with Crippen LogP contribution in [0.15, 0.2) is 48.6 Å². The monoisotopic (exact) mass is 956 g/mol. The van der Waals surface area contributed by atoms with E-state index in [9.17, 15) is 19.2 Å². The van der Waals surface area contributed by atoms with Crippen molar-refractivity contribution in [1.82, 2.24) is 25.3 Å². The molecule has 0 radical (unpaired) electrons. The van der Waals surface area contributed by atoms with Crippen LogP contribution in [-0.4, -0.2) is 124 Å². The molecule has 11 heteroatoms. The molecule has 2 N–H and O–H groups in total. The number of hydrogen-bond donors (Lipinski definition) is 2. The number of nitrogens with one attached hydrogen (secondary N) is 2. The first-order valence-electron chi connectivity index (χ1n) is 27.4. The van der Waals surface area contributed by atoms with Crippen LogP contribution < -0.4 is 10.6 Å². The van der Waals surface area contributed by atoms with Gasteiger partial charge in [0.15, 0.2) is 0 Å². The van der Waals surface area contributed by atoms with Gasteiger partial charge in [-0.05, 0) is 95.9 Å². The van der Waals surface area contributed by atoms with Gasteiger partial charge in [0.25, 0.3) is 0 Å². The summed E-state index contributed by atoms with van der Waals surface area (Å²) in [4.78, 5) is 59.9. The standard InChI is InChI=1S/C57H105N5O6/c1-10-12-14-16-18-20-22-24-26-28-30-32-34-36-38-40-52(63)61(46-48-67-8)54(50(3)4)56(65)58-42-44-60(7)45-43-59-57(66)55(51(5)6)62(47-49-68-9)53(64)41-39-37-35-33-31-29-27-25-23-21-19-17-15-13-11-2/h18-21,24-27,50-51,54-55H,10-17,22-23,28-49H2,1-9H3,(H,58,65)(H,59,66)/b20-18-,21-19-,26-24-,27-25-. The average Bonchev–Trinajstić information content (AvgIpc) is 3.30. The molecule has 394 valence electrons. The van der Waals surface area contributed by atoms with E-state index in [-0.39, 0.29) is 35.5 Å². The molecule has 0 aliphatic carbocycles. The van der Waals surface area contributed by atoms with Gasteiger partial charge in [-0.2, -0.15) is 0 Å². The van der Waals surface area contributed by atoms with Crippen LogP contribution in [0.25, 0.3) is 0 Å². The molecule has 0 aromatic rings. The first kappa shape index (κ1) is 64.7. The summed E-state index contributed by atoms with van der Waals surface area (Å²) in [6.07, 6.45) is 43.8. The summed E-state index contributed by atoms with van der Waals surface area (Å²) < 4.78 is 10.7. The Morgan fingerprint density at radius 2 is 0.779 bits per heavy atom. The molecule has 0 aromatic carbocycles. The Morgan fingerprint density at radius 3 is 1.10 bits per heavy atom. The molecule has 2 unspecified atom stereocenters. The number of carbonyl (C=O) groups is 4. The van der Waals surface area contributed by atoms with Gasteiger partial charge in [-0.25, -0.2) is 0 Å². The summed E-state index contributed by atoms with van der Waals surface area (Å²) in [6, 6.07) is -1.18. The summed E-state index contributed by atoms with van der Waals surface area (Å²) in [7, 11) is 5.19. The highest BCUT2D eigenvalue weighted by Crippen LogP contribution is 2.18. The van der Waals surface area contributed by atoms with Crippen molar-refractivity contribution >= 4 is 23.6 Å². The Labute approximate surface area is 418 Å². The number of hydrogen-bond acceptors (Lipinski definition) is 7. The summed E-state index contributed by atoms with van der Waals surface area (Å²) >= 11 is 0. The maximum Gasteiger partial charge on any atom is 0.243 e. The predicted molar refractivity (Wildman–Crippen MR) is 287 cm³/mol. The van der Waals surface area contributed by atoms with Crippen molar-refractivity contribution in [2.24, 2.45) is 11.8 Å². The molecule has 2 atom stereocenters. The normalized spacial score (nSPS) is 13.0. The molecule has 0 saturated carbocycles. The van der Waals surface area contributed by atoms with Crippen molar-refractivity contribution in [2.45, 2.75) is 208 Å². The Bertz CT molecular complexity index is 1260. The third-order valence-corrected chi connectivity index (χ3v) is 12.5. The number of carbonyl (C=O) groups excluding carboxylic acids is 4. The lowest BCUT2D eigenvalue weighted by Crippen LogP contribution is -2.54. The van der Waals surface area contributed by atoms with Crippen molar-refractivity contribution in [3.05, 3.63) is 48.6 Å². The van der Waals surface area contributed by atoms with Crippen LogP contribution in [0.1, 0.15) is 196 Å². The van der Waals surface area contributed by atoms with Crippen LogP contribution in [0, 0.1) is 11.8 Å². The Balaban J connectivity index is 4.84. The quantitative estimate of drug-likeness (QED) is 0.0460. The molecule has 0 heterocycles. The third kappa shape index (κ3) is 34.9. The van der Waals surface area contributed by atoms with Crippen LogP contribution in [-0.2, 0) is 28.7 Å². The lowest BCUT2D eigenvalue weighted by molar-refractivity contribution is -0.143. The summed E-state index contributed by atoms with van der Waals surface area (Å²) in [5.74, 6) is -0.467. The first-order chi connectivity index (χ1) is 33.0. The fraction of sp³-hybridized carbons (Fsp3) is 0.789. The van der Waals surface area contributed by atoms with E-state index in [1.165, 1.54) is 51.4 Å². The minimum Gasteiger partial charge on any atom is -0.383 e. The highest BCUT2D eigenvalue weighted by molar-refractivity contribution is 5.88. The van der Waals surface area contributed by atoms with E-state index in [1.807, 2.05) is 34.7 Å². The van der Waals surface area contributed by atoms with Gasteiger partial charge >= 0.3 is 0 Å². The largest absolute Gasteiger partial charge is 0.383 e. The fourth-order valence-electron chi connectivity index (χ4n) is 8.35. The number of unbranched alkanes of at least 4 members (excludes halogenated alkanes) is 16. The zero-order chi connectivity index (χ0) is 50.5. The number of amides is 4. The van der Waals surface area contributed by atoms with E-state index in [2.05, 4.69) is 78.0 Å². The van der Waals surface area contributed by atoms with Gasteiger partial charge in [-0.3, -0.25) is 19.2 Å². The van der Waals surface area contributed by atoms with Gasteiger partial charge in [-0.15, -0.1) is 0 Å². The molecule has 0 aliphatic heterocycles. The third-order valence-electron chi connectivity index (χ3n) is 12.5. The molecule has 0 rings (SSSR count). The number of rotatable bonds is 46. The molecule has 0 aliphatic rings. The van der Waals surface area contributed by atoms with Gasteiger partial charge in [0.1, 0.15) is 12.1 Å². The summed E-state index contributed by atoms with van der Waals surface area (Å²) in [5, 5.41) is 6.17. The highest BCUT2D eigenvalue weighted by Gasteiger charge is 2.33. The molecular weight excluding hydrogens is 851 g/mol. The minimum atomic E-state index is -0.591. The molecule has 0 spiro atoms. The van der Waals surface area contributed by atoms with Crippen molar-refractivity contribution in [3.8, 4) is 0 Å². The predicted octanol–water partition coefficient (Wildman–Crippen LogP) is 11.8. The van der Waals surface area contributed by atoms with Gasteiger partial charge in [0.2, 0.25) is 23.6 Å². The topological polar surface area (TPSA) is 121 Å². The van der Waals surface area contributed by atoms with Crippen molar-refractivity contribution < 1.29 is 28.7 Å². The molecule has 4 amide bonds. The molecule has 68 heavy (non-hydrogen) atoms. The maximum atomic E-state index is 13.6. The number of ether oxygens (including phenoxy) is 2. The average molecular weight is 956 g/mol. The van der Waals surface area contributed by atoms with Crippen molar-refractivity contribution in [1.29, 1.82) is 0 Å². The van der Waals surface area contributed by atoms with E-state index in [0.717, 1.165) is 89.9 Å². The molecule has 0 aromatic heterocycles. The number of nitrogens with zero attached hydrogens (tertiary/aromatic N) is 3. The second-order valence-corrected chi connectivity index (χ2v) is 19.4. The summed E-state index contributed by atoms with van der Waals surface area (Å²) in [6.45, 7) is 15.8. The van der Waals surface area contributed by atoms with Gasteiger partial charge < -0.3 is 34.8 Å². The van der Waals surface area contributed by atoms with E-state index >= 15 is 0 Å². The number of methoxy groups -OCH3 is 2. The van der Waals surface area contributed by atoms with Crippen LogP contribution in [0.2, 0.25) is 0 Å². The Morgan fingerprint density at radius 1 is 0.456 bits per heavy atom. The lowest BCUT2D eigenvalue weighted by Gasteiger charge is -2.34. The molecule has 0 bridgehead atoms. The maximum absolute atomic E-state index is 13.6. The zero-order valence-corrected chi connectivity index (χ0v) is 45.3. The van der Waals surface area contributed by atoms with Crippen molar-refractivity contribution in [3.63, 3.8) is 0 Å². The van der Waals surface area contributed by atoms with Gasteiger partial charge in [0.05, 0.1) is 13.2 Å². The summed E-state index contributed by atoms with van der Waals surface area (Å²) in [5.41, 5.74) is 0. The first-order valence-corrected chi connectivity index (χ1v) is 27.4. The second kappa shape index (κ2) is 46.1. The Hall–Kier alpha value is -3.28. The molecule has 0 fully saturated rings. The van der Waals surface area contributed by atoms with Gasteiger partial charge in [-0.1, -0.05) is 154 Å². The van der Waals surface area contributed by atoms with E-state index in [1.54, 1.807) is 24.0 Å². The Kier molecular flexibility index (Phi) is 43.9. The van der Waals surface area contributed by atoms with E-state index in [4.69, 9.17) is 9.47 Å². The van der Waals surface area contributed by atoms with Crippen LogP contribution >= 0.6 is 0 Å².